The van der Waals surface area contributed by atoms with Gasteiger partial charge in [-0.1, -0.05) is 44.2 Å². The van der Waals surface area contributed by atoms with Gasteiger partial charge in [0.25, 0.3) is 0 Å². The molecule has 4 heterocycles. The second-order valence-electron chi connectivity index (χ2n) is 13.3. The van der Waals surface area contributed by atoms with E-state index in [0.717, 1.165) is 12.0 Å². The fourth-order valence-electron chi connectivity index (χ4n) is 6.70. The molecule has 1 amide bonds. The molecule has 2 aromatic rings. The predicted molar refractivity (Wildman–Crippen MR) is 174 cm³/mol. The highest BCUT2D eigenvalue weighted by atomic mass is 32.2. The third-order valence-corrected chi connectivity index (χ3v) is 11.0. The van der Waals surface area contributed by atoms with Crippen LogP contribution in [0, 0.1) is 17.8 Å². The maximum Gasteiger partial charge on any atom is 0.511 e. The summed E-state index contributed by atoms with van der Waals surface area (Å²) in [6, 6.07) is 14.2. The summed E-state index contributed by atoms with van der Waals surface area (Å²) < 4.78 is 69.2. The van der Waals surface area contributed by atoms with E-state index >= 15 is 0 Å². The number of alkyl carbamates (subject to hydrolysis) is 1. The van der Waals surface area contributed by atoms with Gasteiger partial charge in [0.1, 0.15) is 12.2 Å². The number of sulfonamides is 1. The van der Waals surface area contributed by atoms with E-state index in [1.165, 1.54) is 28.6 Å². The van der Waals surface area contributed by atoms with Crippen LogP contribution >= 0.6 is 0 Å². The summed E-state index contributed by atoms with van der Waals surface area (Å²) in [6.07, 6.45) is -3.22. The van der Waals surface area contributed by atoms with Gasteiger partial charge in [-0.2, -0.15) is 4.31 Å². The summed E-state index contributed by atoms with van der Waals surface area (Å²) in [5.74, 6) is -0.0920. The van der Waals surface area contributed by atoms with Gasteiger partial charge in [0.05, 0.1) is 43.2 Å². The van der Waals surface area contributed by atoms with E-state index in [1.807, 2.05) is 44.2 Å². The van der Waals surface area contributed by atoms with E-state index in [9.17, 15) is 18.0 Å². The van der Waals surface area contributed by atoms with Crippen molar-refractivity contribution in [2.45, 2.75) is 81.5 Å². The normalized spacial score (nSPS) is 27.4. The number of carbonyl (C=O) groups excluding carboxylic acids is 2. The number of ether oxygens (including phenoxy) is 7. The van der Waals surface area contributed by atoms with Gasteiger partial charge >= 0.3 is 12.2 Å². The van der Waals surface area contributed by atoms with Crippen molar-refractivity contribution in [3.63, 3.8) is 0 Å². The van der Waals surface area contributed by atoms with Crippen molar-refractivity contribution in [2.24, 2.45) is 17.8 Å². The lowest BCUT2D eigenvalue weighted by molar-refractivity contribution is -0.185. The molecule has 0 aliphatic carbocycles. The lowest BCUT2D eigenvalue weighted by atomic mass is 10.0. The number of hydrogen-bond donors (Lipinski definition) is 2. The molecular formula is C34H45N3O11S. The maximum absolute atomic E-state index is 14.1. The van der Waals surface area contributed by atoms with Crippen LogP contribution < -0.4 is 11.1 Å². The number of carbonyl (C=O) groups is 2. The van der Waals surface area contributed by atoms with E-state index in [2.05, 4.69) is 5.32 Å². The molecule has 0 unspecified atom stereocenters. The molecule has 0 spiro atoms. The summed E-state index contributed by atoms with van der Waals surface area (Å²) in [5, 5.41) is 2.88. The van der Waals surface area contributed by atoms with Crippen LogP contribution in [-0.4, -0.2) is 95.0 Å². The zero-order valence-electron chi connectivity index (χ0n) is 27.7. The molecule has 0 bridgehead atoms. The summed E-state index contributed by atoms with van der Waals surface area (Å²) in [7, 11) is -4.11. The van der Waals surface area contributed by atoms with E-state index in [0.29, 0.717) is 31.7 Å². The number of amides is 1. The first kappa shape index (κ1) is 35.4. The number of nitrogens with zero attached hydrogens (tertiary/aromatic N) is 1. The molecule has 4 aliphatic heterocycles. The molecule has 49 heavy (non-hydrogen) atoms. The first-order valence-electron chi connectivity index (χ1n) is 16.8. The fraction of sp³-hybridized carbons (Fsp3) is 0.588. The first-order chi connectivity index (χ1) is 23.5. The van der Waals surface area contributed by atoms with Crippen molar-refractivity contribution in [3.05, 3.63) is 60.2 Å². The average molecular weight is 704 g/mol. The first-order valence-corrected chi connectivity index (χ1v) is 18.2. The van der Waals surface area contributed by atoms with Crippen molar-refractivity contribution in [1.29, 1.82) is 0 Å². The molecular weight excluding hydrogens is 658 g/mol. The van der Waals surface area contributed by atoms with Crippen LogP contribution in [0.15, 0.2) is 59.5 Å². The lowest BCUT2D eigenvalue weighted by Crippen LogP contribution is -2.53. The predicted octanol–water partition coefficient (Wildman–Crippen LogP) is 3.65. The highest BCUT2D eigenvalue weighted by Gasteiger charge is 2.45. The monoisotopic (exact) mass is 703 g/mol. The van der Waals surface area contributed by atoms with Gasteiger partial charge in [0.15, 0.2) is 12.6 Å². The Morgan fingerprint density at radius 2 is 1.69 bits per heavy atom. The third kappa shape index (κ3) is 8.83. The number of hydrogen-bond acceptors (Lipinski definition) is 12. The molecule has 0 saturated carbocycles. The topological polar surface area (TPSA) is 174 Å². The Balaban J connectivity index is 1.27. The second-order valence-corrected chi connectivity index (χ2v) is 15.2. The van der Waals surface area contributed by atoms with E-state index < -0.39 is 59.4 Å². The molecule has 3 N–H and O–H groups in total. The lowest BCUT2D eigenvalue weighted by Gasteiger charge is -2.33. The van der Waals surface area contributed by atoms with Crippen LogP contribution in [-0.2, 0) is 49.6 Å². The highest BCUT2D eigenvalue weighted by Crippen LogP contribution is 2.36. The minimum absolute atomic E-state index is 0.0242. The molecule has 4 saturated heterocycles. The van der Waals surface area contributed by atoms with Crippen LogP contribution in [0.1, 0.15) is 38.7 Å². The number of anilines is 1. The van der Waals surface area contributed by atoms with Crippen molar-refractivity contribution < 1.29 is 51.2 Å². The van der Waals surface area contributed by atoms with Gasteiger partial charge < -0.3 is 44.2 Å². The summed E-state index contributed by atoms with van der Waals surface area (Å²) in [6.45, 7) is 4.83. The van der Waals surface area contributed by atoms with Crippen LogP contribution in [0.4, 0.5) is 15.3 Å². The molecule has 15 heteroatoms. The Morgan fingerprint density at radius 1 is 0.959 bits per heavy atom. The molecule has 14 nitrogen and oxygen atoms in total. The molecule has 2 aromatic carbocycles. The van der Waals surface area contributed by atoms with Gasteiger partial charge in [0, 0.05) is 24.6 Å². The Labute approximate surface area is 286 Å². The minimum Gasteiger partial charge on any atom is -0.443 e. The van der Waals surface area contributed by atoms with Crippen molar-refractivity contribution in [2.75, 3.05) is 38.6 Å². The van der Waals surface area contributed by atoms with Crippen molar-refractivity contribution in [1.82, 2.24) is 9.62 Å². The zero-order valence-corrected chi connectivity index (χ0v) is 28.5. The van der Waals surface area contributed by atoms with Gasteiger partial charge in [-0.3, -0.25) is 0 Å². The molecule has 4 fully saturated rings. The molecule has 268 valence electrons. The van der Waals surface area contributed by atoms with Gasteiger partial charge in [-0.15, -0.1) is 0 Å². The molecule has 4 aliphatic rings. The van der Waals surface area contributed by atoms with Gasteiger partial charge in [-0.05, 0) is 55.0 Å². The molecule has 6 rings (SSSR count). The minimum atomic E-state index is -4.11. The quantitative estimate of drug-likeness (QED) is 0.229. The van der Waals surface area contributed by atoms with E-state index in [-0.39, 0.29) is 48.8 Å². The Bertz CT molecular complexity index is 1520. The van der Waals surface area contributed by atoms with Crippen molar-refractivity contribution >= 4 is 28.0 Å². The van der Waals surface area contributed by atoms with E-state index in [4.69, 9.17) is 38.9 Å². The Kier molecular flexibility index (Phi) is 11.3. The van der Waals surface area contributed by atoms with Crippen LogP contribution in [0.25, 0.3) is 0 Å². The van der Waals surface area contributed by atoms with Gasteiger partial charge in [0.2, 0.25) is 16.3 Å². The summed E-state index contributed by atoms with van der Waals surface area (Å²) in [4.78, 5) is 26.9. The smallest absolute Gasteiger partial charge is 0.443 e. The number of fused-ring (bicyclic) bond motifs is 2. The summed E-state index contributed by atoms with van der Waals surface area (Å²) >= 11 is 0. The average Bonchev–Trinajstić information content (AvgIpc) is 3.85. The zero-order chi connectivity index (χ0) is 34.5. The standard InChI is InChI=1S/C34H45N3O11S/c1-21(2)18-37(49(40,41)25-10-8-24(35)9-11-25)19-28(46-34(39)48-30-17-23-12-14-42-31(23)47-30)27(16-22-6-4-3-5-7-22)36-33(38)45-29-20-44-32-26(29)13-15-43-32/h3-11,21,23,26-32H,12-20,35H2,1-2H3,(H,36,38)/t23-,26-,27-,28+,29-,30+,31+,32+/m0/s1. The third-order valence-electron chi connectivity index (χ3n) is 9.18. The molecule has 0 aromatic heterocycles. The van der Waals surface area contributed by atoms with Gasteiger partial charge in [-0.25, -0.2) is 18.0 Å². The number of benzene rings is 2. The Morgan fingerprint density at radius 3 is 2.43 bits per heavy atom. The van der Waals surface area contributed by atoms with Crippen LogP contribution in [0.3, 0.4) is 0 Å². The molecule has 8 atom stereocenters. The molecule has 0 radical (unpaired) electrons. The van der Waals surface area contributed by atoms with E-state index in [1.54, 1.807) is 0 Å². The SMILES string of the molecule is CC(C)CN(C[C@@H](OC(=O)O[C@@H]1C[C@@H]2CCO[C@@H]2O1)[C@H](Cc1ccccc1)NC(=O)O[C@H]1CO[C@H]2OCC[C@H]21)S(=O)(=O)c1ccc(N)cc1. The maximum atomic E-state index is 14.1. The van der Waals surface area contributed by atoms with Crippen LogP contribution in [0.2, 0.25) is 0 Å². The van der Waals surface area contributed by atoms with Crippen molar-refractivity contribution in [3.8, 4) is 0 Å². The second kappa shape index (κ2) is 15.6. The fourth-order valence-corrected chi connectivity index (χ4v) is 8.32. The summed E-state index contributed by atoms with van der Waals surface area (Å²) in [5.41, 5.74) is 7.06. The number of nitrogen functional groups attached to an aromatic ring is 1. The largest absolute Gasteiger partial charge is 0.511 e. The Hall–Kier alpha value is -3.47. The number of rotatable bonds is 13. The number of nitrogens with two attached hydrogens (primary N) is 1. The van der Waals surface area contributed by atoms with Crippen LogP contribution in [0.5, 0.6) is 0 Å². The highest BCUT2D eigenvalue weighted by molar-refractivity contribution is 7.89. The number of nitrogens with one attached hydrogen (secondary N) is 1.